The van der Waals surface area contributed by atoms with Gasteiger partial charge in [-0.15, -0.1) is 0 Å². The SMILES string of the molecule is CC(=CCCC(C)(O)C(O)Cc1c[nH]c(N([O-])O)c1)CCC(O)C(C)(C)O. The molecule has 0 saturated carbocycles. The molecule has 8 nitrogen and oxygen atoms in total. The van der Waals surface area contributed by atoms with E-state index in [1.54, 1.807) is 20.8 Å². The summed E-state index contributed by atoms with van der Waals surface area (Å²) in [6.45, 7) is 6.61. The van der Waals surface area contributed by atoms with Gasteiger partial charge in [0.2, 0.25) is 0 Å². The average Bonchev–Trinajstić information content (AvgIpc) is 3.00. The number of aromatic nitrogens is 1. The summed E-state index contributed by atoms with van der Waals surface area (Å²) in [7, 11) is 0. The zero-order valence-corrected chi connectivity index (χ0v) is 16.5. The Morgan fingerprint density at radius 1 is 1.26 bits per heavy atom. The Labute approximate surface area is 160 Å². The molecule has 0 aliphatic carbocycles. The monoisotopic (exact) mass is 385 g/mol. The molecule has 3 atom stereocenters. The van der Waals surface area contributed by atoms with Crippen molar-refractivity contribution in [2.45, 2.75) is 83.2 Å². The molecule has 0 spiro atoms. The lowest BCUT2D eigenvalue weighted by molar-refractivity contribution is -0.0654. The molecule has 0 aliphatic rings. The summed E-state index contributed by atoms with van der Waals surface area (Å²) in [6.07, 6.45) is 3.71. The highest BCUT2D eigenvalue weighted by Crippen LogP contribution is 2.23. The first-order valence-corrected chi connectivity index (χ1v) is 9.13. The summed E-state index contributed by atoms with van der Waals surface area (Å²) in [5.74, 6) is -0.0383. The van der Waals surface area contributed by atoms with E-state index in [0.717, 1.165) is 5.57 Å². The smallest absolute Gasteiger partial charge is 0.119 e. The van der Waals surface area contributed by atoms with Gasteiger partial charge in [0.1, 0.15) is 5.82 Å². The van der Waals surface area contributed by atoms with Gasteiger partial charge in [-0.3, -0.25) is 5.21 Å². The molecule has 6 N–H and O–H groups in total. The number of anilines is 1. The van der Waals surface area contributed by atoms with Gasteiger partial charge in [-0.2, -0.15) is 0 Å². The number of aliphatic hydroxyl groups is 4. The third kappa shape index (κ3) is 8.00. The summed E-state index contributed by atoms with van der Waals surface area (Å²) in [6, 6.07) is 1.41. The predicted molar refractivity (Wildman–Crippen MR) is 103 cm³/mol. The van der Waals surface area contributed by atoms with Crippen molar-refractivity contribution in [3.8, 4) is 0 Å². The molecule has 0 amide bonds. The van der Waals surface area contributed by atoms with Gasteiger partial charge in [0, 0.05) is 12.6 Å². The van der Waals surface area contributed by atoms with Crippen LogP contribution in [0.5, 0.6) is 0 Å². The van der Waals surface area contributed by atoms with Crippen LogP contribution in [0.25, 0.3) is 0 Å². The molecule has 0 radical (unpaired) electrons. The van der Waals surface area contributed by atoms with E-state index in [2.05, 4.69) is 4.98 Å². The van der Waals surface area contributed by atoms with E-state index in [1.807, 2.05) is 13.0 Å². The summed E-state index contributed by atoms with van der Waals surface area (Å²) in [5.41, 5.74) is -0.819. The fourth-order valence-electron chi connectivity index (χ4n) is 2.69. The Bertz CT molecular complexity index is 604. The molecular formula is C19H33N2O6-. The standard InChI is InChI=1S/C19H33N2O6/c1-13(7-8-15(22)18(2,3)24)6-5-9-19(4,25)16(23)10-14-11-17(20-12-14)21(26)27/h6,11-12,15-16,20,22-26H,5,7-10H2,1-4H3/q-1. The van der Waals surface area contributed by atoms with Crippen molar-refractivity contribution in [3.05, 3.63) is 34.7 Å². The second-order valence-corrected chi connectivity index (χ2v) is 8.04. The lowest BCUT2D eigenvalue weighted by Crippen LogP contribution is -2.40. The number of nitrogens with one attached hydrogen (secondary N) is 1. The van der Waals surface area contributed by atoms with Crippen molar-refractivity contribution in [3.63, 3.8) is 0 Å². The third-order valence-electron chi connectivity index (χ3n) is 4.85. The van der Waals surface area contributed by atoms with E-state index in [9.17, 15) is 25.6 Å². The summed E-state index contributed by atoms with van der Waals surface area (Å²) >= 11 is 0. The number of rotatable bonds is 11. The Kier molecular flexibility index (Phi) is 8.47. The first-order valence-electron chi connectivity index (χ1n) is 9.13. The molecule has 0 fully saturated rings. The summed E-state index contributed by atoms with van der Waals surface area (Å²) in [5, 5.41) is 59.7. The lowest BCUT2D eigenvalue weighted by Gasteiger charge is -2.29. The quantitative estimate of drug-likeness (QED) is 0.252. The molecule has 0 aromatic carbocycles. The molecule has 27 heavy (non-hydrogen) atoms. The maximum Gasteiger partial charge on any atom is 0.119 e. The van der Waals surface area contributed by atoms with Crippen LogP contribution in [0.15, 0.2) is 23.9 Å². The lowest BCUT2D eigenvalue weighted by atomic mass is 9.89. The fourth-order valence-corrected chi connectivity index (χ4v) is 2.69. The maximum atomic E-state index is 10.8. The number of aromatic amines is 1. The summed E-state index contributed by atoms with van der Waals surface area (Å²) < 4.78 is 0. The van der Waals surface area contributed by atoms with Gasteiger partial charge in [0.05, 0.1) is 23.4 Å². The van der Waals surface area contributed by atoms with Gasteiger partial charge in [-0.05, 0) is 65.0 Å². The zero-order valence-electron chi connectivity index (χ0n) is 16.5. The van der Waals surface area contributed by atoms with Gasteiger partial charge in [-0.25, -0.2) is 0 Å². The Hall–Kier alpha value is -1.42. The molecule has 1 aromatic rings. The molecule has 8 heteroatoms. The molecule has 3 unspecified atom stereocenters. The number of aliphatic hydroxyl groups excluding tert-OH is 2. The van der Waals surface area contributed by atoms with Crippen LogP contribution in [-0.2, 0) is 6.42 Å². The number of hydrogen-bond donors (Lipinski definition) is 6. The minimum absolute atomic E-state index is 0.0383. The fraction of sp³-hybridized carbons (Fsp3) is 0.684. The van der Waals surface area contributed by atoms with Crippen LogP contribution in [0.1, 0.15) is 58.9 Å². The summed E-state index contributed by atoms with van der Waals surface area (Å²) in [4.78, 5) is 2.58. The molecule has 0 saturated heterocycles. The van der Waals surface area contributed by atoms with Crippen LogP contribution < -0.4 is 5.23 Å². The number of allylic oxidation sites excluding steroid dienone is 2. The second kappa shape index (κ2) is 9.68. The highest BCUT2D eigenvalue weighted by molar-refractivity contribution is 5.40. The highest BCUT2D eigenvalue weighted by atomic mass is 16.8. The van der Waals surface area contributed by atoms with Gasteiger partial charge >= 0.3 is 0 Å². The van der Waals surface area contributed by atoms with Crippen LogP contribution in [0.4, 0.5) is 5.82 Å². The van der Waals surface area contributed by atoms with E-state index < -0.39 is 23.4 Å². The predicted octanol–water partition coefficient (Wildman–Crippen LogP) is 2.00. The molecule has 1 aromatic heterocycles. The van der Waals surface area contributed by atoms with Crippen molar-refractivity contribution in [1.29, 1.82) is 0 Å². The maximum absolute atomic E-state index is 10.8. The molecule has 0 aliphatic heterocycles. The van der Waals surface area contributed by atoms with Crippen molar-refractivity contribution in [1.82, 2.24) is 4.98 Å². The molecular weight excluding hydrogens is 352 g/mol. The van der Waals surface area contributed by atoms with E-state index in [0.29, 0.717) is 31.2 Å². The van der Waals surface area contributed by atoms with Crippen LogP contribution >= 0.6 is 0 Å². The van der Waals surface area contributed by atoms with Crippen LogP contribution in [-0.4, -0.2) is 54.0 Å². The van der Waals surface area contributed by atoms with Crippen molar-refractivity contribution >= 4 is 5.82 Å². The molecule has 156 valence electrons. The van der Waals surface area contributed by atoms with Gasteiger partial charge in [0.15, 0.2) is 0 Å². The van der Waals surface area contributed by atoms with E-state index in [-0.39, 0.29) is 17.5 Å². The Balaban J connectivity index is 2.48. The van der Waals surface area contributed by atoms with E-state index in [1.165, 1.54) is 12.3 Å². The number of nitrogens with zero attached hydrogens (tertiary/aromatic N) is 1. The average molecular weight is 385 g/mol. The number of hydrogen-bond acceptors (Lipinski definition) is 7. The Morgan fingerprint density at radius 3 is 2.41 bits per heavy atom. The van der Waals surface area contributed by atoms with Crippen molar-refractivity contribution in [2.75, 3.05) is 5.23 Å². The zero-order chi connectivity index (χ0) is 20.8. The minimum Gasteiger partial charge on any atom is -0.732 e. The topological polar surface area (TPSA) is 143 Å². The van der Waals surface area contributed by atoms with E-state index >= 15 is 0 Å². The molecule has 1 rings (SSSR count). The van der Waals surface area contributed by atoms with Gasteiger partial charge < -0.3 is 35.8 Å². The van der Waals surface area contributed by atoms with Crippen molar-refractivity contribution in [2.24, 2.45) is 0 Å². The molecule has 1 heterocycles. The largest absolute Gasteiger partial charge is 0.732 e. The van der Waals surface area contributed by atoms with E-state index in [4.69, 9.17) is 5.21 Å². The minimum atomic E-state index is -1.32. The van der Waals surface area contributed by atoms with Crippen LogP contribution in [0.3, 0.4) is 0 Å². The third-order valence-corrected chi connectivity index (χ3v) is 4.85. The Morgan fingerprint density at radius 2 is 1.89 bits per heavy atom. The highest BCUT2D eigenvalue weighted by Gasteiger charge is 2.30. The molecule has 0 bridgehead atoms. The second-order valence-electron chi connectivity index (χ2n) is 8.04. The van der Waals surface area contributed by atoms with Crippen molar-refractivity contribution < 1.29 is 25.6 Å². The van der Waals surface area contributed by atoms with Gasteiger partial charge in [-0.1, -0.05) is 11.6 Å². The van der Waals surface area contributed by atoms with Crippen LogP contribution in [0.2, 0.25) is 0 Å². The normalized spacial score (nSPS) is 17.5. The number of H-pyrrole nitrogens is 1. The first-order chi connectivity index (χ1) is 12.3. The first kappa shape index (κ1) is 23.6. The van der Waals surface area contributed by atoms with Crippen LogP contribution in [0, 0.1) is 5.21 Å². The van der Waals surface area contributed by atoms with Gasteiger partial charge in [0.25, 0.3) is 0 Å².